The molecule has 4 heterocycles. The molecule has 6 heteroatoms. The van der Waals surface area contributed by atoms with Gasteiger partial charge in [0.2, 0.25) is 0 Å². The smallest absolute Gasteiger partial charge is 0.290 e. The average Bonchev–Trinajstić information content (AvgIpc) is 3.22. The molecular formula is C21H27N3O3. The number of aromatic nitrogens is 1. The fourth-order valence-corrected chi connectivity index (χ4v) is 5.17. The first-order valence-electron chi connectivity index (χ1n) is 9.96. The minimum atomic E-state index is -0.250. The summed E-state index contributed by atoms with van der Waals surface area (Å²) >= 11 is 0. The van der Waals surface area contributed by atoms with Crippen molar-refractivity contribution in [1.29, 1.82) is 0 Å². The number of nitrogens with one attached hydrogen (secondary N) is 2. The van der Waals surface area contributed by atoms with Crippen molar-refractivity contribution in [3.05, 3.63) is 35.5 Å². The molecule has 0 saturated carbocycles. The van der Waals surface area contributed by atoms with Crippen molar-refractivity contribution in [2.45, 2.75) is 69.6 Å². The molecule has 2 saturated heterocycles. The van der Waals surface area contributed by atoms with E-state index in [-0.39, 0.29) is 12.4 Å². The number of carboxylic acid groups (broad SMARTS) is 1. The summed E-state index contributed by atoms with van der Waals surface area (Å²) in [6.45, 7) is 0.792. The first-order chi connectivity index (χ1) is 13.2. The third-order valence-electron chi connectivity index (χ3n) is 6.15. The van der Waals surface area contributed by atoms with Gasteiger partial charge in [-0.15, -0.1) is 0 Å². The van der Waals surface area contributed by atoms with Crippen molar-refractivity contribution >= 4 is 23.3 Å². The number of para-hydroxylation sites is 1. The second kappa shape index (κ2) is 7.72. The summed E-state index contributed by atoms with van der Waals surface area (Å²) in [6.07, 6.45) is 8.18. The van der Waals surface area contributed by atoms with Crippen LogP contribution in [-0.2, 0) is 17.8 Å². The van der Waals surface area contributed by atoms with E-state index in [1.165, 1.54) is 30.5 Å². The monoisotopic (exact) mass is 369 g/mol. The number of benzene rings is 1. The van der Waals surface area contributed by atoms with Crippen molar-refractivity contribution in [3.63, 3.8) is 0 Å². The van der Waals surface area contributed by atoms with Gasteiger partial charge in [-0.2, -0.15) is 0 Å². The third-order valence-corrected chi connectivity index (χ3v) is 6.15. The number of carbonyl (C=O) groups excluding carboxylic acids is 1. The Morgan fingerprint density at radius 3 is 2.63 bits per heavy atom. The molecule has 5 rings (SSSR count). The van der Waals surface area contributed by atoms with Crippen molar-refractivity contribution in [3.8, 4) is 0 Å². The first kappa shape index (κ1) is 18.0. The van der Waals surface area contributed by atoms with Crippen LogP contribution in [-0.4, -0.2) is 40.2 Å². The van der Waals surface area contributed by atoms with Gasteiger partial charge in [0, 0.05) is 41.3 Å². The molecule has 1 amide bonds. The number of nitrogens with zero attached hydrogens (tertiary/aromatic N) is 1. The SMILES string of the molecule is O=C(NC1CC2CCCC(C1)N2)c1c2n(c3ccccc13)CCC2.O=CO. The maximum atomic E-state index is 13.1. The Labute approximate surface area is 158 Å². The average molecular weight is 369 g/mol. The van der Waals surface area contributed by atoms with Crippen LogP contribution in [0.2, 0.25) is 0 Å². The summed E-state index contributed by atoms with van der Waals surface area (Å²) in [5, 5.41) is 15.1. The van der Waals surface area contributed by atoms with Crippen LogP contribution in [0.1, 0.15) is 54.6 Å². The van der Waals surface area contributed by atoms with Crippen LogP contribution in [0, 0.1) is 0 Å². The third kappa shape index (κ3) is 3.46. The summed E-state index contributed by atoms with van der Waals surface area (Å²) in [6, 6.07) is 9.89. The summed E-state index contributed by atoms with van der Waals surface area (Å²) in [4.78, 5) is 21.5. The predicted molar refractivity (Wildman–Crippen MR) is 104 cm³/mol. The minimum Gasteiger partial charge on any atom is -0.483 e. The number of carbonyl (C=O) groups is 2. The number of fused-ring (bicyclic) bond motifs is 5. The van der Waals surface area contributed by atoms with Crippen LogP contribution in [0.15, 0.2) is 24.3 Å². The van der Waals surface area contributed by atoms with E-state index in [0.29, 0.717) is 18.1 Å². The Hall–Kier alpha value is -2.34. The molecule has 0 spiro atoms. The molecule has 2 unspecified atom stereocenters. The van der Waals surface area contributed by atoms with Crippen molar-refractivity contribution < 1.29 is 14.7 Å². The van der Waals surface area contributed by atoms with E-state index in [1.54, 1.807) is 0 Å². The van der Waals surface area contributed by atoms with Gasteiger partial charge in [-0.05, 0) is 44.6 Å². The van der Waals surface area contributed by atoms with E-state index in [9.17, 15) is 4.79 Å². The normalized spacial score (nSPS) is 26.0. The highest BCUT2D eigenvalue weighted by molar-refractivity contribution is 6.08. The number of rotatable bonds is 2. The summed E-state index contributed by atoms with van der Waals surface area (Å²) in [5.41, 5.74) is 3.40. The van der Waals surface area contributed by atoms with E-state index in [1.807, 2.05) is 6.07 Å². The quantitative estimate of drug-likeness (QED) is 0.711. The fraction of sp³-hybridized carbons (Fsp3) is 0.524. The zero-order valence-electron chi connectivity index (χ0n) is 15.5. The van der Waals surface area contributed by atoms with Gasteiger partial charge in [0.15, 0.2) is 0 Å². The lowest BCUT2D eigenvalue weighted by Crippen LogP contribution is -2.54. The zero-order valence-corrected chi connectivity index (χ0v) is 15.5. The van der Waals surface area contributed by atoms with Gasteiger partial charge in [-0.1, -0.05) is 24.6 Å². The van der Waals surface area contributed by atoms with Gasteiger partial charge >= 0.3 is 0 Å². The van der Waals surface area contributed by atoms with Crippen molar-refractivity contribution in [2.75, 3.05) is 0 Å². The Morgan fingerprint density at radius 2 is 1.89 bits per heavy atom. The van der Waals surface area contributed by atoms with Crippen LogP contribution in [0.5, 0.6) is 0 Å². The second-order valence-electron chi connectivity index (χ2n) is 7.83. The highest BCUT2D eigenvalue weighted by Crippen LogP contribution is 2.32. The van der Waals surface area contributed by atoms with E-state index in [2.05, 4.69) is 33.4 Å². The van der Waals surface area contributed by atoms with E-state index in [4.69, 9.17) is 9.90 Å². The molecular weight excluding hydrogens is 342 g/mol. The van der Waals surface area contributed by atoms with Crippen LogP contribution < -0.4 is 10.6 Å². The van der Waals surface area contributed by atoms with Crippen LogP contribution >= 0.6 is 0 Å². The standard InChI is InChI=1S/C20H25N3O.CH2O2/c24-20(22-15-11-13-5-3-6-14(12-15)21-13)19-16-7-1-2-8-17(16)23-10-4-9-18(19)23;2-1-3/h1-2,7-8,13-15,21H,3-6,9-12H2,(H,22,24);1H,(H,2,3). The second-order valence-corrected chi connectivity index (χ2v) is 7.83. The molecule has 3 N–H and O–H groups in total. The summed E-state index contributed by atoms with van der Waals surface area (Å²) in [5.74, 6) is 0.145. The number of hydrogen-bond donors (Lipinski definition) is 3. The molecule has 2 aromatic rings. The molecule has 3 aliphatic rings. The predicted octanol–water partition coefficient (Wildman–Crippen LogP) is 2.69. The molecule has 27 heavy (non-hydrogen) atoms. The van der Waals surface area contributed by atoms with Gasteiger partial charge in [-0.3, -0.25) is 9.59 Å². The van der Waals surface area contributed by atoms with E-state index >= 15 is 0 Å². The minimum absolute atomic E-state index is 0.145. The highest BCUT2D eigenvalue weighted by Gasteiger charge is 2.33. The molecule has 0 radical (unpaired) electrons. The number of aryl methyl sites for hydroxylation is 1. The fourth-order valence-electron chi connectivity index (χ4n) is 5.17. The summed E-state index contributed by atoms with van der Waals surface area (Å²) in [7, 11) is 0. The first-order valence-corrected chi connectivity index (χ1v) is 9.96. The van der Waals surface area contributed by atoms with Gasteiger partial charge in [0.05, 0.1) is 5.56 Å². The van der Waals surface area contributed by atoms with Crippen LogP contribution in [0.25, 0.3) is 10.9 Å². The maximum Gasteiger partial charge on any atom is 0.290 e. The molecule has 144 valence electrons. The topological polar surface area (TPSA) is 83.4 Å². The lowest BCUT2D eigenvalue weighted by molar-refractivity contribution is -0.122. The van der Waals surface area contributed by atoms with E-state index in [0.717, 1.165) is 43.2 Å². The molecule has 1 aromatic heterocycles. The lowest BCUT2D eigenvalue weighted by Gasteiger charge is -2.40. The van der Waals surface area contributed by atoms with Crippen LogP contribution in [0.3, 0.4) is 0 Å². The molecule has 0 aliphatic carbocycles. The van der Waals surface area contributed by atoms with Gasteiger partial charge in [0.25, 0.3) is 12.4 Å². The number of hydrogen-bond acceptors (Lipinski definition) is 3. The Kier molecular flexibility index (Phi) is 5.16. The Balaban J connectivity index is 0.000000565. The molecule has 3 aliphatic heterocycles. The van der Waals surface area contributed by atoms with Gasteiger partial charge < -0.3 is 20.3 Å². The Morgan fingerprint density at radius 1 is 1.19 bits per heavy atom. The maximum absolute atomic E-state index is 13.1. The van der Waals surface area contributed by atoms with Crippen molar-refractivity contribution in [2.24, 2.45) is 0 Å². The molecule has 1 aromatic carbocycles. The number of piperidine rings is 2. The van der Waals surface area contributed by atoms with Crippen LogP contribution in [0.4, 0.5) is 0 Å². The Bertz CT molecular complexity index is 833. The highest BCUT2D eigenvalue weighted by atomic mass is 16.3. The molecule has 6 nitrogen and oxygen atoms in total. The van der Waals surface area contributed by atoms with Gasteiger partial charge in [-0.25, -0.2) is 0 Å². The molecule has 2 fully saturated rings. The van der Waals surface area contributed by atoms with E-state index < -0.39 is 0 Å². The van der Waals surface area contributed by atoms with Crippen molar-refractivity contribution in [1.82, 2.24) is 15.2 Å². The number of amides is 1. The lowest BCUT2D eigenvalue weighted by atomic mass is 9.84. The zero-order chi connectivity index (χ0) is 18.8. The van der Waals surface area contributed by atoms with Gasteiger partial charge in [0.1, 0.15) is 0 Å². The molecule has 2 bridgehead atoms. The molecule has 2 atom stereocenters. The largest absolute Gasteiger partial charge is 0.483 e. The summed E-state index contributed by atoms with van der Waals surface area (Å²) < 4.78 is 2.35.